The number of primary amides is 1. The van der Waals surface area contributed by atoms with Gasteiger partial charge < -0.3 is 5.73 Å². The summed E-state index contributed by atoms with van der Waals surface area (Å²) in [6, 6.07) is -0.717. The average molecular weight is 168 g/mol. The molecule has 0 aliphatic carbocycles. The fourth-order valence-electron chi connectivity index (χ4n) is 0.981. The monoisotopic (exact) mass is 168 g/mol. The van der Waals surface area contributed by atoms with Crippen molar-refractivity contribution in [2.45, 2.75) is 13.8 Å². The molecule has 0 bridgehead atoms. The summed E-state index contributed by atoms with van der Waals surface area (Å²) in [5.74, 6) is 0. The van der Waals surface area contributed by atoms with Crippen LogP contribution >= 0.6 is 0 Å². The SMILES string of the molecule is Cc1nn(C(N)=O)c(C)c1N=O. The van der Waals surface area contributed by atoms with Crippen LogP contribution in [0.4, 0.5) is 10.5 Å². The molecule has 0 atom stereocenters. The molecule has 0 saturated heterocycles. The van der Waals surface area contributed by atoms with E-state index in [0.717, 1.165) is 4.68 Å². The third kappa shape index (κ3) is 1.07. The lowest BCUT2D eigenvalue weighted by Gasteiger charge is -1.94. The van der Waals surface area contributed by atoms with Gasteiger partial charge in [0.25, 0.3) is 0 Å². The molecule has 6 nitrogen and oxygen atoms in total. The van der Waals surface area contributed by atoms with E-state index in [1.165, 1.54) is 0 Å². The normalized spacial score (nSPS) is 9.83. The van der Waals surface area contributed by atoms with Crippen LogP contribution in [0.5, 0.6) is 0 Å². The summed E-state index contributed by atoms with van der Waals surface area (Å²) in [4.78, 5) is 20.9. The van der Waals surface area contributed by atoms with Crippen LogP contribution in [0, 0.1) is 18.8 Å². The van der Waals surface area contributed by atoms with Gasteiger partial charge in [-0.25, -0.2) is 4.79 Å². The fraction of sp³-hybridized carbons (Fsp3) is 0.333. The highest BCUT2D eigenvalue weighted by molar-refractivity contribution is 5.76. The van der Waals surface area contributed by atoms with E-state index in [4.69, 9.17) is 5.73 Å². The van der Waals surface area contributed by atoms with Gasteiger partial charge in [-0.2, -0.15) is 9.78 Å². The Labute approximate surface area is 68.3 Å². The Kier molecular flexibility index (Phi) is 1.90. The summed E-state index contributed by atoms with van der Waals surface area (Å²) in [6.07, 6.45) is 0. The maximum Gasteiger partial charge on any atom is 0.339 e. The van der Waals surface area contributed by atoms with Gasteiger partial charge in [0.1, 0.15) is 0 Å². The van der Waals surface area contributed by atoms with Crippen molar-refractivity contribution in [3.05, 3.63) is 16.3 Å². The highest BCUT2D eigenvalue weighted by Crippen LogP contribution is 2.21. The summed E-state index contributed by atoms with van der Waals surface area (Å²) >= 11 is 0. The second kappa shape index (κ2) is 2.72. The number of nitroso groups, excluding NO2 is 1. The quantitative estimate of drug-likeness (QED) is 0.629. The van der Waals surface area contributed by atoms with E-state index in [0.29, 0.717) is 11.4 Å². The molecular weight excluding hydrogens is 160 g/mol. The number of aromatic nitrogens is 2. The lowest BCUT2D eigenvalue weighted by molar-refractivity contribution is 0.247. The van der Waals surface area contributed by atoms with Crippen molar-refractivity contribution in [3.63, 3.8) is 0 Å². The van der Waals surface area contributed by atoms with E-state index in [-0.39, 0.29) is 5.69 Å². The van der Waals surface area contributed by atoms with Gasteiger partial charge in [-0.3, -0.25) is 0 Å². The highest BCUT2D eigenvalue weighted by Gasteiger charge is 2.14. The smallest absolute Gasteiger partial charge is 0.339 e. The second-order valence-corrected chi connectivity index (χ2v) is 2.36. The third-order valence-electron chi connectivity index (χ3n) is 1.55. The summed E-state index contributed by atoms with van der Waals surface area (Å²) in [5, 5.41) is 6.46. The number of amides is 1. The minimum atomic E-state index is -0.717. The van der Waals surface area contributed by atoms with Gasteiger partial charge in [-0.05, 0) is 19.0 Å². The van der Waals surface area contributed by atoms with E-state index in [2.05, 4.69) is 10.3 Å². The van der Waals surface area contributed by atoms with Crippen LogP contribution in [0.2, 0.25) is 0 Å². The predicted octanol–water partition coefficient (Wildman–Crippen LogP) is 0.825. The average Bonchev–Trinajstić information content (AvgIpc) is 2.27. The zero-order valence-corrected chi connectivity index (χ0v) is 6.74. The number of aryl methyl sites for hydroxylation is 1. The molecule has 1 aromatic heterocycles. The number of rotatable bonds is 1. The first-order chi connectivity index (χ1) is 5.57. The highest BCUT2D eigenvalue weighted by atomic mass is 16.3. The van der Waals surface area contributed by atoms with Crippen molar-refractivity contribution in [2.24, 2.45) is 10.9 Å². The molecule has 6 heteroatoms. The molecule has 0 spiro atoms. The molecule has 0 saturated carbocycles. The van der Waals surface area contributed by atoms with Crippen molar-refractivity contribution < 1.29 is 4.79 Å². The lowest BCUT2D eigenvalue weighted by Crippen LogP contribution is -2.21. The predicted molar refractivity (Wildman–Crippen MR) is 42.1 cm³/mol. The van der Waals surface area contributed by atoms with Crippen LogP contribution in [0.25, 0.3) is 0 Å². The number of hydrogen-bond donors (Lipinski definition) is 1. The van der Waals surface area contributed by atoms with Gasteiger partial charge in [0.2, 0.25) is 0 Å². The van der Waals surface area contributed by atoms with Crippen LogP contribution in [0.3, 0.4) is 0 Å². The van der Waals surface area contributed by atoms with Gasteiger partial charge in [0, 0.05) is 0 Å². The van der Waals surface area contributed by atoms with Crippen LogP contribution in [-0.4, -0.2) is 15.8 Å². The van der Waals surface area contributed by atoms with Crippen molar-refractivity contribution >= 4 is 11.7 Å². The fourth-order valence-corrected chi connectivity index (χ4v) is 0.981. The maximum atomic E-state index is 10.7. The van der Waals surface area contributed by atoms with Gasteiger partial charge in [0.05, 0.1) is 11.4 Å². The number of carbonyl (C=O) groups excluding carboxylic acids is 1. The standard InChI is InChI=1S/C6H8N4O2/c1-3-5(9-12)4(2)10(8-3)6(7)11/h1-2H3,(H2,7,11). The molecule has 0 unspecified atom stereocenters. The molecule has 0 aliphatic heterocycles. The van der Waals surface area contributed by atoms with Crippen molar-refractivity contribution in [1.82, 2.24) is 9.78 Å². The molecule has 1 aromatic rings. The molecule has 1 amide bonds. The second-order valence-electron chi connectivity index (χ2n) is 2.36. The minimum Gasteiger partial charge on any atom is -0.350 e. The lowest BCUT2D eigenvalue weighted by atomic mass is 10.3. The maximum absolute atomic E-state index is 10.7. The van der Waals surface area contributed by atoms with Crippen molar-refractivity contribution in [1.29, 1.82) is 0 Å². The Morgan fingerprint density at radius 2 is 2.17 bits per heavy atom. The Morgan fingerprint density at radius 1 is 1.58 bits per heavy atom. The molecule has 1 rings (SSSR count). The molecule has 0 fully saturated rings. The van der Waals surface area contributed by atoms with Crippen LogP contribution in [0.15, 0.2) is 5.18 Å². The van der Waals surface area contributed by atoms with E-state index < -0.39 is 6.03 Å². The number of carbonyl (C=O) groups is 1. The molecule has 0 aromatic carbocycles. The third-order valence-corrected chi connectivity index (χ3v) is 1.55. The van der Waals surface area contributed by atoms with Gasteiger partial charge in [0.15, 0.2) is 5.69 Å². The zero-order valence-electron chi connectivity index (χ0n) is 6.74. The number of nitrogens with zero attached hydrogens (tertiary/aromatic N) is 3. The Hall–Kier alpha value is -1.72. The molecule has 1 heterocycles. The van der Waals surface area contributed by atoms with Crippen LogP contribution in [-0.2, 0) is 0 Å². The van der Waals surface area contributed by atoms with E-state index in [1.54, 1.807) is 13.8 Å². The first-order valence-corrected chi connectivity index (χ1v) is 3.27. The summed E-state index contributed by atoms with van der Waals surface area (Å²) < 4.78 is 0.950. The van der Waals surface area contributed by atoms with Gasteiger partial charge >= 0.3 is 6.03 Å². The van der Waals surface area contributed by atoms with Crippen molar-refractivity contribution in [2.75, 3.05) is 0 Å². The van der Waals surface area contributed by atoms with E-state index >= 15 is 0 Å². The molecule has 0 aliphatic rings. The minimum absolute atomic E-state index is 0.175. The Bertz CT molecular complexity index is 342. The Balaban J connectivity index is 3.35. The van der Waals surface area contributed by atoms with Gasteiger partial charge in [-0.15, -0.1) is 4.91 Å². The largest absolute Gasteiger partial charge is 0.350 e. The number of nitrogens with two attached hydrogens (primary N) is 1. The zero-order chi connectivity index (χ0) is 9.30. The van der Waals surface area contributed by atoms with Crippen LogP contribution < -0.4 is 5.73 Å². The first-order valence-electron chi connectivity index (χ1n) is 3.27. The summed E-state index contributed by atoms with van der Waals surface area (Å²) in [5.41, 5.74) is 5.92. The number of hydrogen-bond acceptors (Lipinski definition) is 4. The van der Waals surface area contributed by atoms with Crippen LogP contribution in [0.1, 0.15) is 11.4 Å². The van der Waals surface area contributed by atoms with E-state index in [1.807, 2.05) is 0 Å². The molecular formula is C6H8N4O2. The van der Waals surface area contributed by atoms with Crippen molar-refractivity contribution in [3.8, 4) is 0 Å². The Morgan fingerprint density at radius 3 is 2.42 bits per heavy atom. The van der Waals surface area contributed by atoms with Gasteiger partial charge in [-0.1, -0.05) is 0 Å². The first kappa shape index (κ1) is 8.38. The molecule has 12 heavy (non-hydrogen) atoms. The molecule has 2 N–H and O–H groups in total. The summed E-state index contributed by atoms with van der Waals surface area (Å²) in [6.45, 7) is 3.14. The molecule has 64 valence electrons. The van der Waals surface area contributed by atoms with E-state index in [9.17, 15) is 9.70 Å². The summed E-state index contributed by atoms with van der Waals surface area (Å²) in [7, 11) is 0. The molecule has 0 radical (unpaired) electrons. The topological polar surface area (TPSA) is 90.3 Å².